The lowest BCUT2D eigenvalue weighted by Gasteiger charge is -2.47. The molecule has 1 spiro atoms. The summed E-state index contributed by atoms with van der Waals surface area (Å²) < 4.78 is 48.8. The van der Waals surface area contributed by atoms with Gasteiger partial charge in [-0.25, -0.2) is 0 Å². The molecule has 3 aromatic rings. The van der Waals surface area contributed by atoms with Crippen molar-refractivity contribution in [1.29, 1.82) is 0 Å². The molecule has 0 aromatic heterocycles. The maximum absolute atomic E-state index is 13.6. The summed E-state index contributed by atoms with van der Waals surface area (Å²) in [5.74, 6) is 0.0657. The molecule has 0 radical (unpaired) electrons. The van der Waals surface area contributed by atoms with Crippen LogP contribution in [0.1, 0.15) is 35.4 Å². The number of benzene rings is 3. The van der Waals surface area contributed by atoms with Crippen LogP contribution < -0.4 is 49.8 Å². The minimum Gasteiger partial charge on any atom is -0.508 e. The number of phenols is 2. The van der Waals surface area contributed by atoms with Gasteiger partial charge in [-0.1, -0.05) is 12.1 Å². The van der Waals surface area contributed by atoms with Crippen LogP contribution >= 0.6 is 24.0 Å². The zero-order valence-electron chi connectivity index (χ0n) is 40.3. The lowest BCUT2D eigenvalue weighted by atomic mass is 9.77. The van der Waals surface area contributed by atoms with Crippen molar-refractivity contribution in [1.82, 2.24) is 5.32 Å². The molecule has 0 amide bonds. The predicted octanol–water partition coefficient (Wildman–Crippen LogP) is -3.68. The lowest BCUT2D eigenvalue weighted by Crippen LogP contribution is -2.68. The Balaban J connectivity index is 0.824. The van der Waals surface area contributed by atoms with Gasteiger partial charge >= 0.3 is 5.97 Å². The van der Waals surface area contributed by atoms with Crippen LogP contribution in [-0.4, -0.2) is 199 Å². The number of thioether (sulfide) groups is 1. The van der Waals surface area contributed by atoms with E-state index in [-0.39, 0.29) is 43.2 Å². The van der Waals surface area contributed by atoms with Crippen LogP contribution in [0.4, 0.5) is 5.69 Å². The molecule has 25 nitrogen and oxygen atoms in total. The highest BCUT2D eigenvalue weighted by Crippen LogP contribution is 2.57. The van der Waals surface area contributed by atoms with Crippen molar-refractivity contribution in [3.8, 4) is 23.0 Å². The lowest BCUT2D eigenvalue weighted by molar-refractivity contribution is -0.306. The average molecular weight is 1090 g/mol. The third kappa shape index (κ3) is 11.1. The molecule has 4 saturated heterocycles. The number of ether oxygens (including phenoxy) is 8. The Morgan fingerprint density at radius 3 is 1.80 bits per heavy atom. The quantitative estimate of drug-likeness (QED) is 0.0396. The van der Waals surface area contributed by atoms with Gasteiger partial charge in [0.2, 0.25) is 0 Å². The zero-order valence-corrected chi connectivity index (χ0v) is 41.9. The molecule has 412 valence electrons. The molecule has 20 atom stereocenters. The summed E-state index contributed by atoms with van der Waals surface area (Å²) in [6.45, 7) is -0.00806. The van der Waals surface area contributed by atoms with E-state index in [4.69, 9.17) is 84.5 Å². The summed E-state index contributed by atoms with van der Waals surface area (Å²) in [6.07, 6.45) is -19.6. The van der Waals surface area contributed by atoms with Crippen molar-refractivity contribution in [2.45, 2.75) is 141 Å². The van der Waals surface area contributed by atoms with Gasteiger partial charge in [0.25, 0.3) is 0 Å². The first-order valence-electron chi connectivity index (χ1n) is 24.6. The van der Waals surface area contributed by atoms with Crippen molar-refractivity contribution in [3.63, 3.8) is 0 Å². The number of esters is 1. The number of aliphatic hydroxyl groups is 6. The fourth-order valence-corrected chi connectivity index (χ4v) is 11.6. The highest BCUT2D eigenvalue weighted by molar-refractivity contribution is 7.99. The topological polar surface area (TPSA) is 433 Å². The van der Waals surface area contributed by atoms with E-state index in [9.17, 15) is 45.6 Å². The zero-order chi connectivity index (χ0) is 53.6. The van der Waals surface area contributed by atoms with Crippen LogP contribution in [0.5, 0.6) is 23.0 Å². The molecule has 27 heteroatoms. The van der Waals surface area contributed by atoms with Gasteiger partial charge in [0.1, 0.15) is 84.0 Å². The van der Waals surface area contributed by atoms with E-state index in [1.54, 1.807) is 36.4 Å². The number of aliphatic hydroxyl groups excluding tert-OH is 6. The number of fused-ring (bicyclic) bond motifs is 4. The number of thiocarbonyl (C=S) groups is 1. The molecule has 1 aliphatic carbocycles. The second-order valence-corrected chi connectivity index (χ2v) is 21.2. The van der Waals surface area contributed by atoms with Crippen molar-refractivity contribution < 1.29 is 83.5 Å². The van der Waals surface area contributed by atoms with E-state index in [1.165, 1.54) is 36.0 Å². The number of carbonyl (C=O) groups is 1. The molecule has 22 N–H and O–H groups in total. The molecule has 1 saturated carbocycles. The van der Waals surface area contributed by atoms with Gasteiger partial charge in [0.15, 0.2) is 29.6 Å². The summed E-state index contributed by atoms with van der Waals surface area (Å²) in [7, 11) is 0. The largest absolute Gasteiger partial charge is 0.508 e. The van der Waals surface area contributed by atoms with Gasteiger partial charge in [0, 0.05) is 78.6 Å². The maximum atomic E-state index is 13.6. The minimum atomic E-state index is -1.59. The van der Waals surface area contributed by atoms with Crippen molar-refractivity contribution in [2.24, 2.45) is 34.4 Å². The number of rotatable bonds is 15. The summed E-state index contributed by atoms with van der Waals surface area (Å²) >= 11 is 6.99. The van der Waals surface area contributed by atoms with E-state index < -0.39 is 134 Å². The Hall–Kier alpha value is -4.15. The molecule has 3 aromatic carbocycles. The van der Waals surface area contributed by atoms with Gasteiger partial charge in [-0.15, -0.1) is 0 Å². The Bertz CT molecular complexity index is 2440. The van der Waals surface area contributed by atoms with Gasteiger partial charge in [-0.3, -0.25) is 4.79 Å². The third-order valence-corrected chi connectivity index (χ3v) is 16.0. The Morgan fingerprint density at radius 1 is 0.680 bits per heavy atom. The highest BCUT2D eigenvalue weighted by atomic mass is 32.2. The molecule has 5 aliphatic heterocycles. The van der Waals surface area contributed by atoms with Crippen LogP contribution in [0.3, 0.4) is 0 Å². The Labute approximate surface area is 440 Å². The maximum Gasteiger partial charge on any atom is 0.314 e. The van der Waals surface area contributed by atoms with Crippen LogP contribution in [0.25, 0.3) is 0 Å². The van der Waals surface area contributed by atoms with E-state index in [0.717, 1.165) is 0 Å². The number of carbonyl (C=O) groups excluding carboxylic acids is 1. The number of phenolic OH excluding ortho intramolecular Hbond substituents is 2. The highest BCUT2D eigenvalue weighted by Gasteiger charge is 2.56. The van der Waals surface area contributed by atoms with E-state index in [0.29, 0.717) is 51.3 Å². The predicted molar refractivity (Wildman–Crippen MR) is 270 cm³/mol. The molecule has 6 aliphatic rings. The second-order valence-electron chi connectivity index (χ2n) is 19.6. The second kappa shape index (κ2) is 23.1. The van der Waals surface area contributed by atoms with Crippen LogP contribution in [0.2, 0.25) is 0 Å². The molecule has 5 fully saturated rings. The molecule has 0 bridgehead atoms. The standard InChI is InChI=1S/C48H66N8O17S2/c49-15-29-35(60)37(62)32(53)44(67-29)70-40-26(52)13-25(51)34(59)42(40)72-46-39(64)41(71-45-33(54)38(63)36(61)30(16-50)68-45)31(69-46)17-75-10-9-55-47(74)56-19-3-1-18(2-4-19)22-14-48(73-43(22)65)23-7-5-20(57)11-27(23)66-28-12-21(58)6-8-24(28)48/h1-8,11-12,22,25-26,29-42,44-46,57-64H,9-10,13-17,49-54H2,(H2,55,56,74)/t22?,25-,26?,29?,30+,31-,32?,33?,34?,35-,36-,37-,38?,39+,40-,41+,42-,44+,45-,46?/m1/s1. The first kappa shape index (κ1) is 55.6. The molecule has 9 rings (SSSR count). The average Bonchev–Trinajstić information content (AvgIpc) is 3.88. The van der Waals surface area contributed by atoms with Crippen molar-refractivity contribution >= 4 is 40.7 Å². The molecular weight excluding hydrogens is 1020 g/mol. The smallest absolute Gasteiger partial charge is 0.314 e. The Morgan fingerprint density at radius 2 is 1.23 bits per heavy atom. The van der Waals surface area contributed by atoms with Gasteiger partial charge in [0.05, 0.1) is 30.2 Å². The van der Waals surface area contributed by atoms with Crippen LogP contribution in [0, 0.1) is 0 Å². The SMILES string of the molecule is NCC1O[C@@H](O[C@@H]2C(N)C[C@@H](N)C(O)[C@H]2OC2O[C@H](CSCCNC(=S)Nc3ccc(C4CC5(OC4=O)c4ccc(O)cc4Oc4cc(O)ccc45)cc3)[C@H](O[C@H]3O[C@@H](CN)[C@@H](O)C(O)C3N)[C@@H]2O)C(N)[C@@H](O)[C@@H]1O. The van der Waals surface area contributed by atoms with Crippen molar-refractivity contribution in [2.75, 3.05) is 36.5 Å². The number of nitrogens with one attached hydrogen (secondary N) is 2. The monoisotopic (exact) mass is 1090 g/mol. The first-order valence-corrected chi connectivity index (χ1v) is 26.1. The molecule has 75 heavy (non-hydrogen) atoms. The van der Waals surface area contributed by atoms with E-state index in [1.807, 2.05) is 0 Å². The van der Waals surface area contributed by atoms with Gasteiger partial charge in [-0.2, -0.15) is 11.8 Å². The minimum absolute atomic E-state index is 0.0325. The summed E-state index contributed by atoms with van der Waals surface area (Å²) in [4.78, 5) is 13.6. The Kier molecular flexibility index (Phi) is 17.1. The van der Waals surface area contributed by atoms with E-state index in [2.05, 4.69) is 10.6 Å². The van der Waals surface area contributed by atoms with E-state index >= 15 is 0 Å². The summed E-state index contributed by atoms with van der Waals surface area (Å²) in [5, 5.41) is 92.6. The first-order chi connectivity index (χ1) is 35.8. The molecule has 8 unspecified atom stereocenters. The number of nitrogens with two attached hydrogens (primary N) is 6. The third-order valence-electron chi connectivity index (χ3n) is 14.6. The normalized spacial score (nSPS) is 38.1. The summed E-state index contributed by atoms with van der Waals surface area (Å²) in [6, 6.07) is 12.0. The number of hydrogen-bond donors (Lipinski definition) is 16. The fraction of sp³-hybridized carbons (Fsp3) is 0.583. The molecule has 5 heterocycles. The number of aromatic hydroxyl groups is 2. The van der Waals surface area contributed by atoms with Crippen LogP contribution in [0.15, 0.2) is 60.7 Å². The van der Waals surface area contributed by atoms with Gasteiger partial charge in [-0.05, 0) is 60.6 Å². The summed E-state index contributed by atoms with van der Waals surface area (Å²) in [5.41, 5.74) is 38.1. The van der Waals surface area contributed by atoms with Gasteiger partial charge < -0.3 is 124 Å². The van der Waals surface area contributed by atoms with Crippen LogP contribution in [-0.2, 0) is 43.6 Å². The fourth-order valence-electron chi connectivity index (χ4n) is 10.5. The molecular formula is C48H66N8O17S2. The number of anilines is 1. The number of hydrogen-bond acceptors (Lipinski definition) is 25. The van der Waals surface area contributed by atoms with Crippen molar-refractivity contribution in [3.05, 3.63) is 77.4 Å².